The summed E-state index contributed by atoms with van der Waals surface area (Å²) in [6.45, 7) is 0.536. The Balaban J connectivity index is 1.37. The lowest BCUT2D eigenvalue weighted by atomic mass is 10.0. The zero-order valence-corrected chi connectivity index (χ0v) is 16.8. The maximum Gasteiger partial charge on any atom is 0.207 e. The van der Waals surface area contributed by atoms with Gasteiger partial charge in [-0.1, -0.05) is 24.3 Å². The lowest BCUT2D eigenvalue weighted by Gasteiger charge is -2.13. The van der Waals surface area contributed by atoms with E-state index in [0.29, 0.717) is 34.6 Å². The van der Waals surface area contributed by atoms with Crippen molar-refractivity contribution in [2.75, 3.05) is 12.3 Å². The summed E-state index contributed by atoms with van der Waals surface area (Å²) in [5, 5.41) is 8.46. The largest absolute Gasteiger partial charge is 0.493 e. The summed E-state index contributed by atoms with van der Waals surface area (Å²) in [6, 6.07) is 15.6. The molecule has 5 rings (SSSR count). The minimum Gasteiger partial charge on any atom is -0.493 e. The number of anilines is 1. The lowest BCUT2D eigenvalue weighted by molar-refractivity contribution is 0.312. The monoisotopic (exact) mass is 411 g/mol. The number of nitrogens with one attached hydrogen (secondary N) is 2. The quantitative estimate of drug-likeness (QED) is 0.365. The van der Waals surface area contributed by atoms with Crippen LogP contribution in [0.2, 0.25) is 0 Å². The Kier molecular flexibility index (Phi) is 4.84. The van der Waals surface area contributed by atoms with Crippen LogP contribution in [0, 0.1) is 0 Å². The van der Waals surface area contributed by atoms with E-state index in [1.54, 1.807) is 18.3 Å². The number of rotatable bonds is 6. The Hall–Kier alpha value is -4.13. The molecule has 0 unspecified atom stereocenters. The van der Waals surface area contributed by atoms with Crippen molar-refractivity contribution in [3.05, 3.63) is 82.9 Å². The van der Waals surface area contributed by atoms with Crippen LogP contribution < -0.4 is 15.9 Å². The Morgan fingerprint density at radius 3 is 2.87 bits per heavy atom. The van der Waals surface area contributed by atoms with E-state index in [4.69, 9.17) is 10.5 Å². The minimum atomic E-state index is -0.153. The Morgan fingerprint density at radius 2 is 1.94 bits per heavy atom. The number of nitrogens with two attached hydrogens (primary N) is 1. The van der Waals surface area contributed by atoms with Gasteiger partial charge in [0.1, 0.15) is 11.6 Å². The zero-order chi connectivity index (χ0) is 21.2. The lowest BCUT2D eigenvalue weighted by Crippen LogP contribution is -2.05. The number of benzene rings is 2. The van der Waals surface area contributed by atoms with Gasteiger partial charge in [0, 0.05) is 28.7 Å². The predicted molar refractivity (Wildman–Crippen MR) is 122 cm³/mol. The first kappa shape index (κ1) is 18.9. The van der Waals surface area contributed by atoms with Gasteiger partial charge < -0.3 is 15.5 Å². The highest BCUT2D eigenvalue weighted by Crippen LogP contribution is 2.35. The Labute approximate surface area is 177 Å². The molecule has 0 amide bonds. The van der Waals surface area contributed by atoms with Gasteiger partial charge >= 0.3 is 0 Å². The molecule has 7 nitrogen and oxygen atoms in total. The molecule has 0 radical (unpaired) electrons. The molecule has 2 aromatic carbocycles. The Morgan fingerprint density at radius 1 is 1.03 bits per heavy atom. The van der Waals surface area contributed by atoms with Crippen molar-refractivity contribution in [1.29, 1.82) is 0 Å². The van der Waals surface area contributed by atoms with Crippen molar-refractivity contribution >= 4 is 27.6 Å². The summed E-state index contributed by atoms with van der Waals surface area (Å²) in [5.41, 5.74) is 10.6. The maximum absolute atomic E-state index is 12.2. The molecular formula is C24H21N5O2. The highest BCUT2D eigenvalue weighted by Gasteiger charge is 2.13. The van der Waals surface area contributed by atoms with Gasteiger partial charge in [0.2, 0.25) is 5.43 Å². The molecule has 0 aliphatic rings. The summed E-state index contributed by atoms with van der Waals surface area (Å²) in [5.74, 6) is 1.01. The second-order valence-corrected chi connectivity index (χ2v) is 7.38. The second-order valence-electron chi connectivity index (χ2n) is 7.38. The smallest absolute Gasteiger partial charge is 0.207 e. The number of ether oxygens (including phenoxy) is 1. The van der Waals surface area contributed by atoms with E-state index in [0.717, 1.165) is 23.9 Å². The van der Waals surface area contributed by atoms with Gasteiger partial charge in [0.05, 0.1) is 23.9 Å². The van der Waals surface area contributed by atoms with E-state index in [2.05, 4.69) is 38.5 Å². The van der Waals surface area contributed by atoms with E-state index in [1.165, 1.54) is 17.1 Å². The normalized spacial score (nSPS) is 11.2. The molecule has 0 aliphatic heterocycles. The average molecular weight is 411 g/mol. The first-order valence-corrected chi connectivity index (χ1v) is 10.1. The van der Waals surface area contributed by atoms with Crippen LogP contribution in [0.25, 0.3) is 32.9 Å². The SMILES string of the molecule is Nc1nccc(OCCCc2c[nH]c3ccccc23)c1-c1ccc2[nH]ncc(=O)c2c1. The molecule has 0 saturated carbocycles. The van der Waals surface area contributed by atoms with Crippen LogP contribution in [0.15, 0.2) is 71.9 Å². The van der Waals surface area contributed by atoms with Crippen molar-refractivity contribution < 1.29 is 4.74 Å². The van der Waals surface area contributed by atoms with Gasteiger partial charge in [0.15, 0.2) is 0 Å². The number of fused-ring (bicyclic) bond motifs is 2. The number of pyridine rings is 1. The van der Waals surface area contributed by atoms with Crippen LogP contribution in [0.4, 0.5) is 5.82 Å². The van der Waals surface area contributed by atoms with E-state index >= 15 is 0 Å². The fourth-order valence-electron chi connectivity index (χ4n) is 3.88. The van der Waals surface area contributed by atoms with Gasteiger partial charge in [-0.15, -0.1) is 0 Å². The molecule has 0 saturated heterocycles. The van der Waals surface area contributed by atoms with Crippen LogP contribution in [-0.4, -0.2) is 26.8 Å². The summed E-state index contributed by atoms with van der Waals surface area (Å²) in [6.07, 6.45) is 6.71. The van der Waals surface area contributed by atoms with Gasteiger partial charge in [-0.2, -0.15) is 5.10 Å². The van der Waals surface area contributed by atoms with Crippen LogP contribution in [-0.2, 0) is 6.42 Å². The van der Waals surface area contributed by atoms with Crippen molar-refractivity contribution in [1.82, 2.24) is 20.2 Å². The fourth-order valence-corrected chi connectivity index (χ4v) is 3.88. The van der Waals surface area contributed by atoms with Crippen LogP contribution in [0.3, 0.4) is 0 Å². The summed E-state index contributed by atoms with van der Waals surface area (Å²) in [4.78, 5) is 19.7. The minimum absolute atomic E-state index is 0.153. The number of aryl methyl sites for hydroxylation is 1. The molecule has 0 fully saturated rings. The van der Waals surface area contributed by atoms with Crippen molar-refractivity contribution in [2.24, 2.45) is 0 Å². The molecule has 0 bridgehead atoms. The molecule has 0 spiro atoms. The third-order valence-corrected chi connectivity index (χ3v) is 5.41. The average Bonchev–Trinajstić information content (AvgIpc) is 3.20. The fraction of sp³-hybridized carbons (Fsp3) is 0.125. The molecule has 0 aliphatic carbocycles. The summed E-state index contributed by atoms with van der Waals surface area (Å²) in [7, 11) is 0. The molecule has 3 heterocycles. The van der Waals surface area contributed by atoms with Gasteiger partial charge in [-0.25, -0.2) is 4.98 Å². The molecule has 7 heteroatoms. The van der Waals surface area contributed by atoms with E-state index in [9.17, 15) is 4.79 Å². The Bertz CT molecular complexity index is 1440. The highest BCUT2D eigenvalue weighted by atomic mass is 16.5. The number of aromatic nitrogens is 4. The molecule has 5 aromatic rings. The summed E-state index contributed by atoms with van der Waals surface area (Å²) >= 11 is 0. The second kappa shape index (κ2) is 7.95. The molecular weight excluding hydrogens is 390 g/mol. The summed E-state index contributed by atoms with van der Waals surface area (Å²) < 4.78 is 6.10. The van der Waals surface area contributed by atoms with Crippen LogP contribution in [0.1, 0.15) is 12.0 Å². The van der Waals surface area contributed by atoms with Crippen molar-refractivity contribution in [3.8, 4) is 16.9 Å². The number of hydrogen-bond acceptors (Lipinski definition) is 5. The van der Waals surface area contributed by atoms with Gasteiger partial charge in [-0.05, 0) is 48.2 Å². The maximum atomic E-state index is 12.2. The third-order valence-electron chi connectivity index (χ3n) is 5.41. The van der Waals surface area contributed by atoms with Crippen molar-refractivity contribution in [3.63, 3.8) is 0 Å². The molecule has 0 atom stereocenters. The number of nitrogen functional groups attached to an aromatic ring is 1. The van der Waals surface area contributed by atoms with E-state index < -0.39 is 0 Å². The number of H-pyrrole nitrogens is 2. The first-order chi connectivity index (χ1) is 15.2. The van der Waals surface area contributed by atoms with Crippen LogP contribution >= 0.6 is 0 Å². The number of hydrogen-bond donors (Lipinski definition) is 3. The first-order valence-electron chi connectivity index (χ1n) is 10.1. The number of aromatic amines is 2. The highest BCUT2D eigenvalue weighted by molar-refractivity contribution is 5.88. The molecule has 31 heavy (non-hydrogen) atoms. The molecule has 3 aromatic heterocycles. The zero-order valence-electron chi connectivity index (χ0n) is 16.8. The predicted octanol–water partition coefficient (Wildman–Crippen LogP) is 4.06. The van der Waals surface area contributed by atoms with Crippen LogP contribution in [0.5, 0.6) is 5.75 Å². The number of nitrogens with zero attached hydrogens (tertiary/aromatic N) is 2. The van der Waals surface area contributed by atoms with Gasteiger partial charge in [0.25, 0.3) is 0 Å². The van der Waals surface area contributed by atoms with E-state index in [1.807, 2.05) is 24.3 Å². The van der Waals surface area contributed by atoms with Gasteiger partial charge in [-0.3, -0.25) is 9.89 Å². The molecule has 154 valence electrons. The van der Waals surface area contributed by atoms with Crippen molar-refractivity contribution in [2.45, 2.75) is 12.8 Å². The van der Waals surface area contributed by atoms with E-state index in [-0.39, 0.29) is 5.43 Å². The third kappa shape index (κ3) is 3.61. The molecule has 4 N–H and O–H groups in total. The topological polar surface area (TPSA) is 110 Å². The number of para-hydroxylation sites is 1. The standard InChI is InChI=1S/C24H21N5O2/c25-24-23(15-7-8-20-18(12-15)21(30)14-28-29-20)22(9-10-26-24)31-11-3-4-16-13-27-19-6-2-1-5-17(16)19/h1-2,5-10,12-14,27H,3-4,11H2,(H2,25,26)(H,29,30).